The second kappa shape index (κ2) is 7.38. The van der Waals surface area contributed by atoms with Crippen LogP contribution in [0.4, 0.5) is 11.4 Å². The van der Waals surface area contributed by atoms with Gasteiger partial charge in [-0.2, -0.15) is 0 Å². The standard InChI is InChI=1S/C14H22N2O2S/c1-5-9-15-12-7-6-8-13(14(12)16(17)18)19-11(4)10(2)3/h6-8,10-11,15H,5,9H2,1-4H3. The summed E-state index contributed by atoms with van der Waals surface area (Å²) in [5, 5.41) is 14.8. The minimum atomic E-state index is -0.284. The van der Waals surface area contributed by atoms with E-state index in [1.807, 2.05) is 19.1 Å². The Morgan fingerprint density at radius 1 is 1.37 bits per heavy atom. The number of benzene rings is 1. The van der Waals surface area contributed by atoms with Gasteiger partial charge in [-0.3, -0.25) is 10.1 Å². The highest BCUT2D eigenvalue weighted by Gasteiger charge is 2.22. The van der Waals surface area contributed by atoms with Gasteiger partial charge in [-0.25, -0.2) is 0 Å². The number of nitrogens with one attached hydrogen (secondary N) is 1. The van der Waals surface area contributed by atoms with Crippen LogP contribution in [0.25, 0.3) is 0 Å². The quantitative estimate of drug-likeness (QED) is 0.453. The first-order valence-corrected chi connectivity index (χ1v) is 7.53. The second-order valence-corrected chi connectivity index (χ2v) is 6.32. The summed E-state index contributed by atoms with van der Waals surface area (Å²) in [5.74, 6) is 0.483. The fraction of sp³-hybridized carbons (Fsp3) is 0.571. The molecule has 1 atom stereocenters. The molecule has 0 saturated carbocycles. The third-order valence-corrected chi connectivity index (χ3v) is 4.50. The van der Waals surface area contributed by atoms with Crippen LogP contribution in [-0.2, 0) is 0 Å². The number of thioether (sulfide) groups is 1. The van der Waals surface area contributed by atoms with Gasteiger partial charge in [-0.15, -0.1) is 11.8 Å². The molecule has 1 rings (SSSR count). The zero-order chi connectivity index (χ0) is 14.4. The summed E-state index contributed by atoms with van der Waals surface area (Å²) >= 11 is 1.57. The van der Waals surface area contributed by atoms with Crippen molar-refractivity contribution in [1.82, 2.24) is 0 Å². The number of hydrogen-bond donors (Lipinski definition) is 1. The van der Waals surface area contributed by atoms with Gasteiger partial charge in [0.1, 0.15) is 5.69 Å². The average Bonchev–Trinajstić information content (AvgIpc) is 2.35. The topological polar surface area (TPSA) is 55.2 Å². The minimum absolute atomic E-state index is 0.202. The van der Waals surface area contributed by atoms with Crippen molar-refractivity contribution in [2.75, 3.05) is 11.9 Å². The lowest BCUT2D eigenvalue weighted by Gasteiger charge is -2.16. The van der Waals surface area contributed by atoms with Crippen molar-refractivity contribution in [3.63, 3.8) is 0 Å². The Bertz CT molecular complexity index is 435. The van der Waals surface area contributed by atoms with E-state index in [0.717, 1.165) is 17.9 Å². The van der Waals surface area contributed by atoms with Crippen LogP contribution in [-0.4, -0.2) is 16.7 Å². The molecule has 0 aliphatic carbocycles. The van der Waals surface area contributed by atoms with Gasteiger partial charge in [0, 0.05) is 11.8 Å². The average molecular weight is 282 g/mol. The molecule has 0 amide bonds. The van der Waals surface area contributed by atoms with Crippen molar-refractivity contribution < 1.29 is 4.92 Å². The minimum Gasteiger partial charge on any atom is -0.379 e. The first-order valence-electron chi connectivity index (χ1n) is 6.65. The second-order valence-electron chi connectivity index (χ2n) is 4.90. The molecule has 0 aliphatic rings. The van der Waals surface area contributed by atoms with Gasteiger partial charge in [0.2, 0.25) is 0 Å². The predicted molar refractivity (Wildman–Crippen MR) is 82.0 cm³/mol. The molecule has 19 heavy (non-hydrogen) atoms. The van der Waals surface area contributed by atoms with E-state index in [2.05, 4.69) is 26.1 Å². The number of para-hydroxylation sites is 1. The van der Waals surface area contributed by atoms with Crippen LogP contribution in [0, 0.1) is 16.0 Å². The summed E-state index contributed by atoms with van der Waals surface area (Å²) in [5.41, 5.74) is 0.821. The maximum atomic E-state index is 11.3. The number of nitro benzene ring substituents is 1. The fourth-order valence-corrected chi connectivity index (χ4v) is 2.67. The van der Waals surface area contributed by atoms with E-state index in [9.17, 15) is 10.1 Å². The molecule has 0 spiro atoms. The summed E-state index contributed by atoms with van der Waals surface area (Å²) in [6.45, 7) is 9.14. The number of anilines is 1. The molecule has 0 radical (unpaired) electrons. The smallest absolute Gasteiger partial charge is 0.305 e. The van der Waals surface area contributed by atoms with Crippen molar-refractivity contribution >= 4 is 23.1 Å². The van der Waals surface area contributed by atoms with Gasteiger partial charge >= 0.3 is 5.69 Å². The van der Waals surface area contributed by atoms with E-state index >= 15 is 0 Å². The van der Waals surface area contributed by atoms with Crippen LogP contribution in [0.5, 0.6) is 0 Å². The number of nitrogens with zero attached hydrogens (tertiary/aromatic N) is 1. The van der Waals surface area contributed by atoms with Gasteiger partial charge in [-0.05, 0) is 24.5 Å². The van der Waals surface area contributed by atoms with Gasteiger partial charge < -0.3 is 5.32 Å². The van der Waals surface area contributed by atoms with Crippen molar-refractivity contribution in [3.05, 3.63) is 28.3 Å². The molecule has 1 aromatic carbocycles. The van der Waals surface area contributed by atoms with Crippen molar-refractivity contribution in [1.29, 1.82) is 0 Å². The van der Waals surface area contributed by atoms with Gasteiger partial charge in [0.05, 0.1) is 9.82 Å². The van der Waals surface area contributed by atoms with Gasteiger partial charge in [0.15, 0.2) is 0 Å². The Morgan fingerprint density at radius 2 is 2.05 bits per heavy atom. The van der Waals surface area contributed by atoms with Gasteiger partial charge in [0.25, 0.3) is 0 Å². The first-order chi connectivity index (χ1) is 8.97. The number of rotatable bonds is 7. The molecule has 1 unspecified atom stereocenters. The molecule has 4 nitrogen and oxygen atoms in total. The first kappa shape index (κ1) is 15.8. The zero-order valence-corrected chi connectivity index (χ0v) is 12.8. The molecule has 0 fully saturated rings. The van der Waals surface area contributed by atoms with Crippen molar-refractivity contribution in [2.45, 2.75) is 44.3 Å². The molecule has 0 aliphatic heterocycles. The molecule has 0 saturated heterocycles. The summed E-state index contributed by atoms with van der Waals surface area (Å²) in [6, 6.07) is 5.48. The number of hydrogen-bond acceptors (Lipinski definition) is 4. The Balaban J connectivity index is 3.06. The third-order valence-electron chi connectivity index (χ3n) is 3.00. The highest BCUT2D eigenvalue weighted by molar-refractivity contribution is 8.00. The Hall–Kier alpha value is -1.23. The SMILES string of the molecule is CCCNc1cccc(SC(C)C(C)C)c1[N+](=O)[O-]. The Labute approximate surface area is 119 Å². The molecule has 0 aromatic heterocycles. The highest BCUT2D eigenvalue weighted by atomic mass is 32.2. The molecule has 1 aromatic rings. The van der Waals surface area contributed by atoms with E-state index in [1.165, 1.54) is 0 Å². The van der Waals surface area contributed by atoms with Crippen LogP contribution in [0.2, 0.25) is 0 Å². The van der Waals surface area contributed by atoms with Gasteiger partial charge in [-0.1, -0.05) is 33.8 Å². The van der Waals surface area contributed by atoms with Crippen LogP contribution < -0.4 is 5.32 Å². The van der Waals surface area contributed by atoms with Crippen molar-refractivity contribution in [3.8, 4) is 0 Å². The van der Waals surface area contributed by atoms with Crippen LogP contribution in [0.1, 0.15) is 34.1 Å². The maximum absolute atomic E-state index is 11.3. The Kier molecular flexibility index (Phi) is 6.15. The van der Waals surface area contributed by atoms with Crippen molar-refractivity contribution in [2.24, 2.45) is 5.92 Å². The van der Waals surface area contributed by atoms with E-state index in [0.29, 0.717) is 16.9 Å². The third kappa shape index (κ3) is 4.42. The molecular weight excluding hydrogens is 260 g/mol. The lowest BCUT2D eigenvalue weighted by atomic mass is 10.2. The molecule has 106 valence electrons. The predicted octanol–water partition coefficient (Wildman–Crippen LogP) is 4.55. The normalized spacial score (nSPS) is 12.5. The largest absolute Gasteiger partial charge is 0.379 e. The van der Waals surface area contributed by atoms with E-state index in [1.54, 1.807) is 17.8 Å². The molecular formula is C14H22N2O2S. The molecule has 1 N–H and O–H groups in total. The summed E-state index contributed by atoms with van der Waals surface area (Å²) in [6.07, 6.45) is 0.941. The summed E-state index contributed by atoms with van der Waals surface area (Å²) < 4.78 is 0. The Morgan fingerprint density at radius 3 is 2.58 bits per heavy atom. The van der Waals surface area contributed by atoms with E-state index < -0.39 is 0 Å². The summed E-state index contributed by atoms with van der Waals surface area (Å²) in [7, 11) is 0. The van der Waals surface area contributed by atoms with Crippen LogP contribution in [0.15, 0.2) is 23.1 Å². The zero-order valence-electron chi connectivity index (χ0n) is 12.0. The van der Waals surface area contributed by atoms with E-state index in [-0.39, 0.29) is 10.6 Å². The maximum Gasteiger partial charge on any atom is 0.305 e. The number of nitro groups is 1. The fourth-order valence-electron chi connectivity index (χ4n) is 1.54. The lowest BCUT2D eigenvalue weighted by molar-refractivity contribution is -0.386. The highest BCUT2D eigenvalue weighted by Crippen LogP contribution is 2.39. The van der Waals surface area contributed by atoms with Crippen LogP contribution in [0.3, 0.4) is 0 Å². The molecule has 5 heteroatoms. The molecule has 0 bridgehead atoms. The van der Waals surface area contributed by atoms with E-state index in [4.69, 9.17) is 0 Å². The van der Waals surface area contributed by atoms with Crippen LogP contribution >= 0.6 is 11.8 Å². The molecule has 0 heterocycles. The monoisotopic (exact) mass is 282 g/mol. The summed E-state index contributed by atoms with van der Waals surface area (Å²) in [4.78, 5) is 11.8. The lowest BCUT2D eigenvalue weighted by Crippen LogP contribution is -2.08.